The van der Waals surface area contributed by atoms with Crippen LogP contribution in [0.1, 0.15) is 11.4 Å². The molecule has 0 unspecified atom stereocenters. The van der Waals surface area contributed by atoms with Gasteiger partial charge in [-0.15, -0.1) is 0 Å². The molecule has 3 rings (SSSR count). The quantitative estimate of drug-likeness (QED) is 0.681. The summed E-state index contributed by atoms with van der Waals surface area (Å²) in [5, 5.41) is 0. The summed E-state index contributed by atoms with van der Waals surface area (Å²) in [5.41, 5.74) is 5.48. The first-order chi connectivity index (χ1) is 9.72. The molecule has 98 valence electrons. The second-order valence-corrected chi connectivity index (χ2v) is 4.92. The first-order valence-electron chi connectivity index (χ1n) is 6.70. The number of nitrogens with zero attached hydrogens (tertiary/aromatic N) is 2. The van der Waals surface area contributed by atoms with Gasteiger partial charge in [0.05, 0.1) is 0 Å². The lowest BCUT2D eigenvalue weighted by atomic mass is 10.0. The zero-order valence-electron chi connectivity index (χ0n) is 11.7. The number of rotatable bonds is 2. The first kappa shape index (κ1) is 12.5. The van der Waals surface area contributed by atoms with Gasteiger partial charge in [-0.1, -0.05) is 54.6 Å². The van der Waals surface area contributed by atoms with Crippen molar-refractivity contribution in [3.05, 3.63) is 72.1 Å². The van der Waals surface area contributed by atoms with E-state index in [1.807, 2.05) is 26.0 Å². The predicted molar refractivity (Wildman–Crippen MR) is 82.4 cm³/mol. The van der Waals surface area contributed by atoms with Crippen LogP contribution in [0.3, 0.4) is 0 Å². The minimum Gasteiger partial charge on any atom is -0.233 e. The van der Waals surface area contributed by atoms with Gasteiger partial charge in [-0.05, 0) is 31.0 Å². The summed E-state index contributed by atoms with van der Waals surface area (Å²) >= 11 is 0. The fourth-order valence-electron chi connectivity index (χ4n) is 2.30. The summed E-state index contributed by atoms with van der Waals surface area (Å²) in [7, 11) is 0. The maximum Gasteiger partial charge on any atom is 0.159 e. The molecule has 0 spiro atoms. The standard InChI is InChI=1S/C18H16N2/c1-13-12-14(2)20-18(19-13)17-10-8-16(9-11-17)15-6-4-3-5-7-15/h3-12H,1-2H3. The Morgan fingerprint density at radius 2 is 1.10 bits per heavy atom. The van der Waals surface area contributed by atoms with Gasteiger partial charge in [0.15, 0.2) is 5.82 Å². The maximum absolute atomic E-state index is 4.50. The molecular formula is C18H16N2. The predicted octanol–water partition coefficient (Wildman–Crippen LogP) is 4.43. The van der Waals surface area contributed by atoms with E-state index < -0.39 is 0 Å². The Balaban J connectivity index is 1.97. The summed E-state index contributed by atoms with van der Waals surface area (Å²) in [6, 6.07) is 20.7. The highest BCUT2D eigenvalue weighted by molar-refractivity contribution is 5.67. The summed E-state index contributed by atoms with van der Waals surface area (Å²) < 4.78 is 0. The van der Waals surface area contributed by atoms with Crippen LogP contribution in [0.25, 0.3) is 22.5 Å². The van der Waals surface area contributed by atoms with E-state index >= 15 is 0 Å². The normalized spacial score (nSPS) is 10.5. The van der Waals surface area contributed by atoms with Crippen LogP contribution in [-0.2, 0) is 0 Å². The van der Waals surface area contributed by atoms with Gasteiger partial charge in [0.1, 0.15) is 0 Å². The van der Waals surface area contributed by atoms with Gasteiger partial charge in [-0.25, -0.2) is 9.97 Å². The number of benzene rings is 2. The van der Waals surface area contributed by atoms with Crippen molar-refractivity contribution in [2.75, 3.05) is 0 Å². The second-order valence-electron chi connectivity index (χ2n) is 4.92. The van der Waals surface area contributed by atoms with Gasteiger partial charge < -0.3 is 0 Å². The Morgan fingerprint density at radius 3 is 1.70 bits per heavy atom. The van der Waals surface area contributed by atoms with E-state index in [4.69, 9.17) is 0 Å². The maximum atomic E-state index is 4.50. The van der Waals surface area contributed by atoms with E-state index in [0.29, 0.717) is 0 Å². The molecule has 0 saturated heterocycles. The summed E-state index contributed by atoms with van der Waals surface area (Å²) in [6.45, 7) is 3.99. The topological polar surface area (TPSA) is 25.8 Å². The minimum atomic E-state index is 0.794. The number of aromatic nitrogens is 2. The van der Waals surface area contributed by atoms with Crippen molar-refractivity contribution in [3.63, 3.8) is 0 Å². The Hall–Kier alpha value is -2.48. The van der Waals surface area contributed by atoms with E-state index in [1.165, 1.54) is 11.1 Å². The Morgan fingerprint density at radius 1 is 0.600 bits per heavy atom. The lowest BCUT2D eigenvalue weighted by Crippen LogP contribution is -1.94. The van der Waals surface area contributed by atoms with Crippen LogP contribution in [0.15, 0.2) is 60.7 Å². The minimum absolute atomic E-state index is 0.794. The van der Waals surface area contributed by atoms with Crippen LogP contribution in [0, 0.1) is 13.8 Å². The van der Waals surface area contributed by atoms with E-state index in [0.717, 1.165) is 22.8 Å². The van der Waals surface area contributed by atoms with Crippen molar-refractivity contribution < 1.29 is 0 Å². The number of aryl methyl sites for hydroxylation is 2. The molecule has 0 radical (unpaired) electrons. The van der Waals surface area contributed by atoms with Crippen LogP contribution >= 0.6 is 0 Å². The molecule has 0 amide bonds. The molecule has 1 aromatic heterocycles. The zero-order valence-corrected chi connectivity index (χ0v) is 11.7. The smallest absolute Gasteiger partial charge is 0.159 e. The third-order valence-electron chi connectivity index (χ3n) is 3.23. The lowest BCUT2D eigenvalue weighted by molar-refractivity contribution is 1.06. The molecular weight excluding hydrogens is 244 g/mol. The highest BCUT2D eigenvalue weighted by Gasteiger charge is 2.04. The van der Waals surface area contributed by atoms with Crippen molar-refractivity contribution >= 4 is 0 Å². The van der Waals surface area contributed by atoms with Gasteiger partial charge in [0, 0.05) is 17.0 Å². The molecule has 0 bridgehead atoms. The van der Waals surface area contributed by atoms with E-state index in [9.17, 15) is 0 Å². The zero-order chi connectivity index (χ0) is 13.9. The van der Waals surface area contributed by atoms with Crippen LogP contribution in [0.2, 0.25) is 0 Å². The number of hydrogen-bond donors (Lipinski definition) is 0. The van der Waals surface area contributed by atoms with Gasteiger partial charge >= 0.3 is 0 Å². The van der Waals surface area contributed by atoms with Crippen molar-refractivity contribution in [2.24, 2.45) is 0 Å². The van der Waals surface area contributed by atoms with Gasteiger partial charge in [-0.3, -0.25) is 0 Å². The fourth-order valence-corrected chi connectivity index (χ4v) is 2.30. The molecule has 2 heteroatoms. The van der Waals surface area contributed by atoms with Crippen molar-refractivity contribution in [1.29, 1.82) is 0 Å². The third-order valence-corrected chi connectivity index (χ3v) is 3.23. The van der Waals surface area contributed by atoms with Crippen molar-refractivity contribution in [3.8, 4) is 22.5 Å². The molecule has 0 saturated carbocycles. The largest absolute Gasteiger partial charge is 0.233 e. The molecule has 0 N–H and O–H groups in total. The molecule has 0 fully saturated rings. The Kier molecular flexibility index (Phi) is 3.30. The van der Waals surface area contributed by atoms with Crippen LogP contribution in [0.4, 0.5) is 0 Å². The van der Waals surface area contributed by atoms with Gasteiger partial charge in [0.2, 0.25) is 0 Å². The highest BCUT2D eigenvalue weighted by Crippen LogP contribution is 2.23. The first-order valence-corrected chi connectivity index (χ1v) is 6.70. The monoisotopic (exact) mass is 260 g/mol. The Labute approximate surface area is 119 Å². The Bertz CT molecular complexity index is 696. The third kappa shape index (κ3) is 2.59. The molecule has 2 nitrogen and oxygen atoms in total. The second kappa shape index (κ2) is 5.25. The molecule has 3 aromatic rings. The van der Waals surface area contributed by atoms with Crippen LogP contribution in [0.5, 0.6) is 0 Å². The van der Waals surface area contributed by atoms with E-state index in [1.54, 1.807) is 0 Å². The molecule has 2 aromatic carbocycles. The fraction of sp³-hybridized carbons (Fsp3) is 0.111. The SMILES string of the molecule is Cc1cc(C)nc(-c2ccc(-c3ccccc3)cc2)n1. The molecule has 1 heterocycles. The average molecular weight is 260 g/mol. The van der Waals surface area contributed by atoms with E-state index in [-0.39, 0.29) is 0 Å². The average Bonchev–Trinajstić information content (AvgIpc) is 2.47. The van der Waals surface area contributed by atoms with Gasteiger partial charge in [0.25, 0.3) is 0 Å². The summed E-state index contributed by atoms with van der Waals surface area (Å²) in [6.07, 6.45) is 0. The molecule has 0 atom stereocenters. The highest BCUT2D eigenvalue weighted by atomic mass is 14.9. The van der Waals surface area contributed by atoms with Crippen molar-refractivity contribution in [2.45, 2.75) is 13.8 Å². The van der Waals surface area contributed by atoms with Crippen LogP contribution in [-0.4, -0.2) is 9.97 Å². The van der Waals surface area contributed by atoms with E-state index in [2.05, 4.69) is 58.5 Å². The summed E-state index contributed by atoms with van der Waals surface area (Å²) in [4.78, 5) is 8.99. The van der Waals surface area contributed by atoms with Crippen molar-refractivity contribution in [1.82, 2.24) is 9.97 Å². The lowest BCUT2D eigenvalue weighted by Gasteiger charge is -2.05. The molecule has 0 aliphatic heterocycles. The molecule has 20 heavy (non-hydrogen) atoms. The van der Waals surface area contributed by atoms with Crippen LogP contribution < -0.4 is 0 Å². The summed E-state index contributed by atoms with van der Waals surface area (Å²) in [5.74, 6) is 0.794. The number of hydrogen-bond acceptors (Lipinski definition) is 2. The molecule has 0 aliphatic carbocycles. The molecule has 0 aliphatic rings. The van der Waals surface area contributed by atoms with Gasteiger partial charge in [-0.2, -0.15) is 0 Å².